The molecule has 0 spiro atoms. The minimum atomic E-state index is -0.246. The fourth-order valence-electron chi connectivity index (χ4n) is 0.865. The smallest absolute Gasteiger partial charge is 0.118 e. The predicted octanol–water partition coefficient (Wildman–Crippen LogP) is 1.85. The van der Waals surface area contributed by atoms with Crippen molar-refractivity contribution in [2.75, 3.05) is 7.11 Å². The van der Waals surface area contributed by atoms with E-state index >= 15 is 0 Å². The zero-order valence-electron chi connectivity index (χ0n) is 7.18. The first-order valence-corrected chi connectivity index (χ1v) is 3.70. The lowest BCUT2D eigenvalue weighted by atomic mass is 10.2. The quantitative estimate of drug-likeness (QED) is 0.721. The van der Waals surface area contributed by atoms with Gasteiger partial charge in [0.25, 0.3) is 0 Å². The van der Waals surface area contributed by atoms with Gasteiger partial charge >= 0.3 is 0 Å². The van der Waals surface area contributed by atoms with E-state index in [2.05, 4.69) is 0 Å². The third-order valence-corrected chi connectivity index (χ3v) is 1.51. The second kappa shape index (κ2) is 4.49. The number of hydrogen-bond acceptors (Lipinski definition) is 4. The molecular weight excluding hydrogens is 170 g/mol. The first-order chi connectivity index (χ1) is 6.22. The molecule has 0 bridgehead atoms. The van der Waals surface area contributed by atoms with Gasteiger partial charge in [0, 0.05) is 6.20 Å². The van der Waals surface area contributed by atoms with E-state index in [1.165, 1.54) is 6.08 Å². The second-order valence-corrected chi connectivity index (χ2v) is 2.39. The molecule has 0 fully saturated rings. The fourth-order valence-corrected chi connectivity index (χ4v) is 0.865. The molecule has 4 nitrogen and oxygen atoms in total. The van der Waals surface area contributed by atoms with E-state index in [9.17, 15) is 5.21 Å². The van der Waals surface area contributed by atoms with Gasteiger partial charge in [0.2, 0.25) is 0 Å². The van der Waals surface area contributed by atoms with Crippen molar-refractivity contribution >= 4 is 6.08 Å². The van der Waals surface area contributed by atoms with Gasteiger partial charge in [-0.2, -0.15) is 0 Å². The monoisotopic (exact) mass is 180 g/mol. The maximum Gasteiger partial charge on any atom is 0.118 e. The summed E-state index contributed by atoms with van der Waals surface area (Å²) in [5, 5.41) is 18.1. The van der Waals surface area contributed by atoms with E-state index in [-0.39, 0.29) is 5.23 Å². The van der Waals surface area contributed by atoms with Gasteiger partial charge in [0.15, 0.2) is 0 Å². The molecule has 0 unspecified atom stereocenters. The highest BCUT2D eigenvalue weighted by Crippen LogP contribution is 2.12. The van der Waals surface area contributed by atoms with Crippen molar-refractivity contribution in [2.45, 2.75) is 0 Å². The highest BCUT2D eigenvalue weighted by molar-refractivity contribution is 5.50. The van der Waals surface area contributed by atoms with Gasteiger partial charge in [0.1, 0.15) is 5.75 Å². The molecule has 4 heteroatoms. The van der Waals surface area contributed by atoms with Crippen LogP contribution in [0.1, 0.15) is 5.56 Å². The molecule has 0 aliphatic carbocycles. The number of ether oxygens (including phenoxy) is 1. The third-order valence-electron chi connectivity index (χ3n) is 1.51. The van der Waals surface area contributed by atoms with Crippen LogP contribution in [0.3, 0.4) is 0 Å². The maximum absolute atomic E-state index is 10.1. The molecule has 0 aliphatic heterocycles. The normalized spacial score (nSPS) is 10.4. The van der Waals surface area contributed by atoms with E-state index in [4.69, 9.17) is 9.94 Å². The Morgan fingerprint density at radius 3 is 2.46 bits per heavy atom. The Hall–Kier alpha value is -1.52. The topological polar surface area (TPSA) is 55.8 Å². The van der Waals surface area contributed by atoms with Gasteiger partial charge in [0.05, 0.1) is 7.11 Å². The molecule has 0 atom stereocenters. The van der Waals surface area contributed by atoms with Crippen molar-refractivity contribution in [1.82, 2.24) is 5.23 Å². The van der Waals surface area contributed by atoms with E-state index in [1.807, 2.05) is 0 Å². The number of nitrogens with zero attached hydrogens (tertiary/aromatic N) is 1. The zero-order valence-corrected chi connectivity index (χ0v) is 7.18. The first-order valence-electron chi connectivity index (χ1n) is 3.70. The summed E-state index contributed by atoms with van der Waals surface area (Å²) >= 11 is 0. The van der Waals surface area contributed by atoms with E-state index in [0.717, 1.165) is 17.5 Å². The van der Waals surface area contributed by atoms with Crippen LogP contribution >= 0.6 is 0 Å². The Morgan fingerprint density at radius 1 is 1.38 bits per heavy atom. The van der Waals surface area contributed by atoms with Crippen molar-refractivity contribution in [3.8, 4) is 5.75 Å². The lowest BCUT2D eigenvalue weighted by molar-refractivity contribution is 0.0129. The average Bonchev–Trinajstić information content (AvgIpc) is 2.15. The Balaban J connectivity index is 2.69. The minimum absolute atomic E-state index is 0.246. The first kappa shape index (κ1) is 9.57. The third kappa shape index (κ3) is 3.14. The van der Waals surface area contributed by atoms with Gasteiger partial charge in [-0.05, 0) is 23.8 Å². The molecule has 70 valence electrons. The average molecular weight is 180 g/mol. The molecule has 1 rings (SSSR count). The molecule has 1 N–H and O–H groups in total. The predicted molar refractivity (Wildman–Crippen MR) is 49.0 cm³/mol. The Morgan fingerprint density at radius 2 is 2.00 bits per heavy atom. The van der Waals surface area contributed by atoms with Crippen LogP contribution in [-0.4, -0.2) is 17.5 Å². The second-order valence-electron chi connectivity index (χ2n) is 2.39. The highest BCUT2D eigenvalue weighted by atomic mass is 16.8. The summed E-state index contributed by atoms with van der Waals surface area (Å²) in [5.74, 6) is 0.750. The Bertz CT molecular complexity index is 279. The summed E-state index contributed by atoms with van der Waals surface area (Å²) in [4.78, 5) is 0. The molecule has 13 heavy (non-hydrogen) atoms. The van der Waals surface area contributed by atoms with Crippen LogP contribution in [0.2, 0.25) is 0 Å². The summed E-state index contributed by atoms with van der Waals surface area (Å²) in [6, 6.07) is 7.09. The highest BCUT2D eigenvalue weighted by Gasteiger charge is 1.89. The minimum Gasteiger partial charge on any atom is -0.734 e. The Kier molecular flexibility index (Phi) is 3.31. The SMILES string of the molecule is COc1ccc(C=CN([O-])O)cc1. The van der Waals surface area contributed by atoms with E-state index in [0.29, 0.717) is 0 Å². The fraction of sp³-hybridized carbons (Fsp3) is 0.111. The molecule has 0 saturated heterocycles. The van der Waals surface area contributed by atoms with Crippen molar-refractivity contribution in [1.29, 1.82) is 0 Å². The summed E-state index contributed by atoms with van der Waals surface area (Å²) < 4.78 is 4.95. The molecule has 1 aromatic carbocycles. The standard InChI is InChI=1S/C9H10NO3/c1-13-9-4-2-8(3-5-9)6-7-10(11)12/h2-7,11H,1H3/q-1. The number of rotatable bonds is 3. The van der Waals surface area contributed by atoms with E-state index < -0.39 is 0 Å². The van der Waals surface area contributed by atoms with Crippen LogP contribution in [-0.2, 0) is 0 Å². The molecule has 0 aromatic heterocycles. The molecular formula is C9H10NO3-. The maximum atomic E-state index is 10.1. The van der Waals surface area contributed by atoms with Crippen molar-refractivity contribution in [3.63, 3.8) is 0 Å². The van der Waals surface area contributed by atoms with Gasteiger partial charge in [-0.3, -0.25) is 5.21 Å². The van der Waals surface area contributed by atoms with Crippen LogP contribution in [0.5, 0.6) is 5.75 Å². The molecule has 0 aliphatic rings. The Labute approximate surface area is 76.2 Å². The zero-order chi connectivity index (χ0) is 9.68. The van der Waals surface area contributed by atoms with Crippen molar-refractivity contribution in [3.05, 3.63) is 41.2 Å². The summed E-state index contributed by atoms with van der Waals surface area (Å²) in [5.41, 5.74) is 0.815. The van der Waals surface area contributed by atoms with Gasteiger partial charge in [-0.1, -0.05) is 12.1 Å². The number of benzene rings is 1. The lowest BCUT2D eigenvalue weighted by Crippen LogP contribution is -1.97. The molecule has 0 radical (unpaired) electrons. The van der Waals surface area contributed by atoms with Gasteiger partial charge in [-0.25, -0.2) is 0 Å². The van der Waals surface area contributed by atoms with Gasteiger partial charge < -0.3 is 15.2 Å². The molecule has 0 heterocycles. The molecule has 1 aromatic rings. The van der Waals surface area contributed by atoms with Crippen LogP contribution in [0.4, 0.5) is 0 Å². The summed E-state index contributed by atoms with van der Waals surface area (Å²) in [6.45, 7) is 0. The van der Waals surface area contributed by atoms with Crippen molar-refractivity contribution in [2.24, 2.45) is 0 Å². The van der Waals surface area contributed by atoms with Crippen molar-refractivity contribution < 1.29 is 9.94 Å². The number of hydroxylamine groups is 2. The summed E-state index contributed by atoms with van der Waals surface area (Å²) in [6.07, 6.45) is 2.51. The van der Waals surface area contributed by atoms with Crippen LogP contribution in [0, 0.1) is 5.21 Å². The molecule has 0 amide bonds. The number of hydrogen-bond donors (Lipinski definition) is 1. The van der Waals surface area contributed by atoms with Crippen LogP contribution in [0.25, 0.3) is 6.08 Å². The summed E-state index contributed by atoms with van der Waals surface area (Å²) in [7, 11) is 1.58. The lowest BCUT2D eigenvalue weighted by Gasteiger charge is -2.14. The van der Waals surface area contributed by atoms with E-state index in [1.54, 1.807) is 31.4 Å². The number of methoxy groups -OCH3 is 1. The molecule has 0 saturated carbocycles. The van der Waals surface area contributed by atoms with Crippen LogP contribution < -0.4 is 4.74 Å². The van der Waals surface area contributed by atoms with Gasteiger partial charge in [-0.15, -0.1) is 0 Å². The largest absolute Gasteiger partial charge is 0.734 e. The van der Waals surface area contributed by atoms with Crippen LogP contribution in [0.15, 0.2) is 30.5 Å².